The fourth-order valence-corrected chi connectivity index (χ4v) is 1.50. The van der Waals surface area contributed by atoms with Crippen molar-refractivity contribution in [2.24, 2.45) is 5.73 Å². The highest BCUT2D eigenvalue weighted by molar-refractivity contribution is 6.02. The summed E-state index contributed by atoms with van der Waals surface area (Å²) < 4.78 is 10.3. The summed E-state index contributed by atoms with van der Waals surface area (Å²) in [5.74, 6) is 1.17. The van der Waals surface area contributed by atoms with Crippen LogP contribution < -0.4 is 15.8 Å². The maximum atomic E-state index is 11.9. The molecule has 0 atom stereocenters. The summed E-state index contributed by atoms with van der Waals surface area (Å²) >= 11 is 0. The van der Waals surface area contributed by atoms with Crippen LogP contribution in [0.1, 0.15) is 16.3 Å². The summed E-state index contributed by atoms with van der Waals surface area (Å²) in [7, 11) is 1.57. The van der Waals surface area contributed by atoms with Gasteiger partial charge in [0.2, 0.25) is 0 Å². The van der Waals surface area contributed by atoms with Crippen molar-refractivity contribution in [1.29, 1.82) is 0 Å². The van der Waals surface area contributed by atoms with E-state index in [1.165, 1.54) is 0 Å². The first-order valence-corrected chi connectivity index (χ1v) is 5.47. The van der Waals surface area contributed by atoms with E-state index in [1.807, 2.05) is 0 Å². The summed E-state index contributed by atoms with van der Waals surface area (Å²) in [6, 6.07) is 10.4. The summed E-state index contributed by atoms with van der Waals surface area (Å²) in [5, 5.41) is 2.72. The number of benzene rings is 1. The number of methoxy groups -OCH3 is 1. The second-order valence-electron chi connectivity index (χ2n) is 3.66. The molecular weight excluding hydrogens is 232 g/mol. The topological polar surface area (TPSA) is 77.5 Å². The van der Waals surface area contributed by atoms with E-state index in [2.05, 4.69) is 5.32 Å². The molecule has 2 rings (SSSR count). The maximum Gasteiger partial charge on any atom is 0.291 e. The normalized spacial score (nSPS) is 10.1. The van der Waals surface area contributed by atoms with Crippen molar-refractivity contribution in [3.8, 4) is 5.75 Å². The second-order valence-corrected chi connectivity index (χ2v) is 3.66. The van der Waals surface area contributed by atoms with Crippen LogP contribution >= 0.6 is 0 Å². The van der Waals surface area contributed by atoms with Gasteiger partial charge >= 0.3 is 0 Å². The molecule has 0 radical (unpaired) electrons. The van der Waals surface area contributed by atoms with Crippen molar-refractivity contribution in [1.82, 2.24) is 0 Å². The van der Waals surface area contributed by atoms with Crippen molar-refractivity contribution in [2.45, 2.75) is 6.54 Å². The molecule has 0 spiro atoms. The molecule has 0 aliphatic heterocycles. The van der Waals surface area contributed by atoms with Crippen molar-refractivity contribution < 1.29 is 13.9 Å². The van der Waals surface area contributed by atoms with Crippen LogP contribution in [0.4, 0.5) is 5.69 Å². The number of amides is 1. The fourth-order valence-electron chi connectivity index (χ4n) is 1.50. The molecule has 0 unspecified atom stereocenters. The molecule has 0 fully saturated rings. The second kappa shape index (κ2) is 5.37. The smallest absolute Gasteiger partial charge is 0.291 e. The summed E-state index contributed by atoms with van der Waals surface area (Å²) in [5.41, 5.74) is 6.06. The number of hydrogen-bond acceptors (Lipinski definition) is 4. The number of ether oxygens (including phenoxy) is 1. The van der Waals surface area contributed by atoms with E-state index in [0.29, 0.717) is 17.2 Å². The lowest BCUT2D eigenvalue weighted by atomic mass is 10.3. The zero-order valence-electron chi connectivity index (χ0n) is 9.97. The Morgan fingerprint density at radius 1 is 1.39 bits per heavy atom. The molecule has 1 aromatic carbocycles. The molecular formula is C13H14N2O3. The Balaban J connectivity index is 2.10. The number of nitrogens with one attached hydrogen (secondary N) is 1. The van der Waals surface area contributed by atoms with Crippen LogP contribution in [-0.2, 0) is 6.54 Å². The predicted octanol–water partition coefficient (Wildman–Crippen LogP) is 2.00. The fraction of sp³-hybridized carbons (Fsp3) is 0.154. The number of carbonyl (C=O) groups excluding carboxylic acids is 1. The first-order valence-electron chi connectivity index (χ1n) is 5.47. The first kappa shape index (κ1) is 12.2. The molecule has 0 aliphatic carbocycles. The van der Waals surface area contributed by atoms with E-state index in [1.54, 1.807) is 43.5 Å². The van der Waals surface area contributed by atoms with Crippen LogP contribution in [0.25, 0.3) is 0 Å². The summed E-state index contributed by atoms with van der Waals surface area (Å²) in [4.78, 5) is 11.9. The van der Waals surface area contributed by atoms with E-state index in [4.69, 9.17) is 14.9 Å². The Labute approximate surface area is 105 Å². The van der Waals surface area contributed by atoms with Gasteiger partial charge < -0.3 is 20.2 Å². The number of anilines is 1. The molecule has 0 aliphatic rings. The van der Waals surface area contributed by atoms with Crippen molar-refractivity contribution in [3.63, 3.8) is 0 Å². The Bertz CT molecular complexity index is 549. The van der Waals surface area contributed by atoms with Gasteiger partial charge in [-0.05, 0) is 24.3 Å². The predicted molar refractivity (Wildman–Crippen MR) is 67.5 cm³/mol. The maximum absolute atomic E-state index is 11.9. The number of rotatable bonds is 4. The summed E-state index contributed by atoms with van der Waals surface area (Å²) in [6.07, 6.45) is 0. The Kier molecular flexibility index (Phi) is 3.64. The molecule has 1 aromatic heterocycles. The lowest BCUT2D eigenvalue weighted by Gasteiger charge is -2.05. The highest BCUT2D eigenvalue weighted by Crippen LogP contribution is 2.18. The van der Waals surface area contributed by atoms with Crippen LogP contribution in [0.15, 0.2) is 40.8 Å². The molecule has 0 saturated carbocycles. The number of furan rings is 1. The van der Waals surface area contributed by atoms with Gasteiger partial charge in [0.05, 0.1) is 13.7 Å². The van der Waals surface area contributed by atoms with E-state index in [0.717, 1.165) is 0 Å². The van der Waals surface area contributed by atoms with E-state index in [9.17, 15) is 4.79 Å². The van der Waals surface area contributed by atoms with Gasteiger partial charge in [-0.2, -0.15) is 0 Å². The lowest BCUT2D eigenvalue weighted by Crippen LogP contribution is -2.10. The molecule has 5 heteroatoms. The molecule has 3 N–H and O–H groups in total. The quantitative estimate of drug-likeness (QED) is 0.864. The third-order valence-corrected chi connectivity index (χ3v) is 2.41. The molecule has 1 amide bonds. The van der Waals surface area contributed by atoms with Gasteiger partial charge in [-0.3, -0.25) is 4.79 Å². The largest absolute Gasteiger partial charge is 0.497 e. The third kappa shape index (κ3) is 2.70. The van der Waals surface area contributed by atoms with E-state index in [-0.39, 0.29) is 18.2 Å². The molecule has 5 nitrogen and oxygen atoms in total. The molecule has 2 aromatic rings. The van der Waals surface area contributed by atoms with Gasteiger partial charge in [-0.15, -0.1) is 0 Å². The average molecular weight is 246 g/mol. The highest BCUT2D eigenvalue weighted by atomic mass is 16.5. The molecule has 18 heavy (non-hydrogen) atoms. The Hall–Kier alpha value is -2.27. The van der Waals surface area contributed by atoms with Crippen molar-refractivity contribution >= 4 is 11.6 Å². The highest BCUT2D eigenvalue weighted by Gasteiger charge is 2.11. The van der Waals surface area contributed by atoms with Gasteiger partial charge in [0, 0.05) is 11.8 Å². The number of carbonyl (C=O) groups is 1. The SMILES string of the molecule is COc1cccc(NC(=O)c2ccc(CN)o2)c1. The zero-order valence-corrected chi connectivity index (χ0v) is 9.97. The van der Waals surface area contributed by atoms with Gasteiger partial charge in [0.15, 0.2) is 5.76 Å². The molecule has 0 saturated heterocycles. The van der Waals surface area contributed by atoms with Crippen LogP contribution in [0.2, 0.25) is 0 Å². The Morgan fingerprint density at radius 2 is 2.22 bits per heavy atom. The zero-order chi connectivity index (χ0) is 13.0. The Morgan fingerprint density at radius 3 is 2.89 bits per heavy atom. The minimum atomic E-state index is -0.317. The van der Waals surface area contributed by atoms with Crippen molar-refractivity contribution in [3.05, 3.63) is 47.9 Å². The van der Waals surface area contributed by atoms with Gasteiger partial charge in [-0.25, -0.2) is 0 Å². The third-order valence-electron chi connectivity index (χ3n) is 2.41. The monoisotopic (exact) mass is 246 g/mol. The van der Waals surface area contributed by atoms with Gasteiger partial charge in [0.1, 0.15) is 11.5 Å². The molecule has 1 heterocycles. The first-order chi connectivity index (χ1) is 8.72. The van der Waals surface area contributed by atoms with Crippen LogP contribution in [0.5, 0.6) is 5.75 Å². The lowest BCUT2D eigenvalue weighted by molar-refractivity contribution is 0.0995. The van der Waals surface area contributed by atoms with Crippen molar-refractivity contribution in [2.75, 3.05) is 12.4 Å². The van der Waals surface area contributed by atoms with Gasteiger partial charge in [0.25, 0.3) is 5.91 Å². The molecule has 0 bridgehead atoms. The number of nitrogens with two attached hydrogens (primary N) is 1. The van der Waals surface area contributed by atoms with Crippen LogP contribution in [0, 0.1) is 0 Å². The van der Waals surface area contributed by atoms with Gasteiger partial charge in [-0.1, -0.05) is 6.07 Å². The molecule has 94 valence electrons. The number of hydrogen-bond donors (Lipinski definition) is 2. The average Bonchev–Trinajstić information content (AvgIpc) is 2.88. The van der Waals surface area contributed by atoms with E-state index >= 15 is 0 Å². The van der Waals surface area contributed by atoms with Crippen LogP contribution in [0.3, 0.4) is 0 Å². The minimum absolute atomic E-state index is 0.235. The minimum Gasteiger partial charge on any atom is -0.497 e. The standard InChI is InChI=1S/C13H14N2O3/c1-17-10-4-2-3-9(7-10)15-13(16)12-6-5-11(8-14)18-12/h2-7H,8,14H2,1H3,(H,15,16). The summed E-state index contributed by atoms with van der Waals surface area (Å²) in [6.45, 7) is 0.270. The van der Waals surface area contributed by atoms with Crippen LogP contribution in [-0.4, -0.2) is 13.0 Å². The van der Waals surface area contributed by atoms with E-state index < -0.39 is 0 Å².